The molecule has 2 aromatic heterocycles. The van der Waals surface area contributed by atoms with Crippen LogP contribution in [0.15, 0.2) is 24.7 Å². The summed E-state index contributed by atoms with van der Waals surface area (Å²) in [6.45, 7) is 1.84. The first-order chi connectivity index (χ1) is 7.29. The maximum absolute atomic E-state index is 5.01. The molecule has 0 spiro atoms. The zero-order valence-electron chi connectivity index (χ0n) is 8.51. The van der Waals surface area contributed by atoms with Crippen molar-refractivity contribution in [2.45, 2.75) is 6.92 Å². The van der Waals surface area contributed by atoms with E-state index in [2.05, 4.69) is 19.9 Å². The Morgan fingerprint density at radius 3 is 2.73 bits per heavy atom. The Bertz CT molecular complexity index is 472. The monoisotopic (exact) mass is 202 g/mol. The van der Waals surface area contributed by atoms with Crippen LogP contribution in [0.3, 0.4) is 0 Å². The Labute approximate surface area is 87.2 Å². The minimum absolute atomic E-state index is 0.524. The summed E-state index contributed by atoms with van der Waals surface area (Å²) in [5, 5.41) is 0. The number of nitrogens with zero attached hydrogens (tertiary/aromatic N) is 4. The van der Waals surface area contributed by atoms with Gasteiger partial charge in [-0.25, -0.2) is 19.9 Å². The second-order valence-electron chi connectivity index (χ2n) is 2.93. The van der Waals surface area contributed by atoms with Crippen LogP contribution in [0.1, 0.15) is 5.82 Å². The number of aryl methyl sites for hydroxylation is 1. The molecule has 15 heavy (non-hydrogen) atoms. The van der Waals surface area contributed by atoms with Gasteiger partial charge in [0.2, 0.25) is 5.88 Å². The van der Waals surface area contributed by atoms with E-state index in [1.54, 1.807) is 25.4 Å². The lowest BCUT2D eigenvalue weighted by Gasteiger charge is -2.02. The summed E-state index contributed by atoms with van der Waals surface area (Å²) in [7, 11) is 1.57. The van der Waals surface area contributed by atoms with Gasteiger partial charge in [0, 0.05) is 12.3 Å². The second kappa shape index (κ2) is 4.00. The highest BCUT2D eigenvalue weighted by Crippen LogP contribution is 2.16. The molecule has 2 heterocycles. The van der Waals surface area contributed by atoms with Crippen molar-refractivity contribution < 1.29 is 4.74 Å². The van der Waals surface area contributed by atoms with Gasteiger partial charge >= 0.3 is 0 Å². The fourth-order valence-corrected chi connectivity index (χ4v) is 1.19. The Morgan fingerprint density at radius 2 is 2.00 bits per heavy atom. The van der Waals surface area contributed by atoms with E-state index in [0.29, 0.717) is 11.7 Å². The van der Waals surface area contributed by atoms with Gasteiger partial charge in [-0.2, -0.15) is 0 Å². The zero-order chi connectivity index (χ0) is 10.7. The van der Waals surface area contributed by atoms with Crippen LogP contribution in [0.4, 0.5) is 0 Å². The van der Waals surface area contributed by atoms with Crippen LogP contribution >= 0.6 is 0 Å². The van der Waals surface area contributed by atoms with Crippen LogP contribution in [-0.4, -0.2) is 27.0 Å². The normalized spacial score (nSPS) is 10.0. The zero-order valence-corrected chi connectivity index (χ0v) is 8.51. The van der Waals surface area contributed by atoms with Crippen LogP contribution in [0.5, 0.6) is 5.88 Å². The van der Waals surface area contributed by atoms with Crippen molar-refractivity contribution >= 4 is 0 Å². The molecule has 0 atom stereocenters. The van der Waals surface area contributed by atoms with Crippen molar-refractivity contribution in [1.82, 2.24) is 19.9 Å². The Balaban J connectivity index is 2.44. The molecule has 5 nitrogen and oxygen atoms in total. The van der Waals surface area contributed by atoms with E-state index in [0.717, 1.165) is 11.4 Å². The smallest absolute Gasteiger partial charge is 0.216 e. The lowest BCUT2D eigenvalue weighted by Crippen LogP contribution is -1.94. The fraction of sp³-hybridized carbons (Fsp3) is 0.200. The van der Waals surface area contributed by atoms with E-state index in [1.165, 1.54) is 6.33 Å². The molecule has 0 aliphatic heterocycles. The van der Waals surface area contributed by atoms with E-state index >= 15 is 0 Å². The minimum Gasteiger partial charge on any atom is -0.481 e. The van der Waals surface area contributed by atoms with Crippen LogP contribution in [0, 0.1) is 6.92 Å². The summed E-state index contributed by atoms with van der Waals surface area (Å²) < 4.78 is 5.01. The van der Waals surface area contributed by atoms with Gasteiger partial charge in [-0.15, -0.1) is 0 Å². The highest BCUT2D eigenvalue weighted by molar-refractivity contribution is 5.54. The third kappa shape index (κ3) is 2.07. The first-order valence-corrected chi connectivity index (χ1v) is 4.45. The molecule has 0 aromatic carbocycles. The van der Waals surface area contributed by atoms with E-state index in [1.807, 2.05) is 6.92 Å². The topological polar surface area (TPSA) is 60.8 Å². The Morgan fingerprint density at radius 1 is 1.13 bits per heavy atom. The highest BCUT2D eigenvalue weighted by atomic mass is 16.5. The Kier molecular flexibility index (Phi) is 2.53. The molecular formula is C10H10N4O. The molecule has 0 amide bonds. The molecule has 76 valence electrons. The van der Waals surface area contributed by atoms with Gasteiger partial charge < -0.3 is 4.74 Å². The van der Waals surface area contributed by atoms with Gasteiger partial charge in [0.15, 0.2) is 0 Å². The molecule has 0 unspecified atom stereocenters. The van der Waals surface area contributed by atoms with E-state index in [4.69, 9.17) is 4.74 Å². The van der Waals surface area contributed by atoms with Crippen molar-refractivity contribution in [3.63, 3.8) is 0 Å². The second-order valence-corrected chi connectivity index (χ2v) is 2.93. The first-order valence-electron chi connectivity index (χ1n) is 4.45. The summed E-state index contributed by atoms with van der Waals surface area (Å²) in [5.41, 5.74) is 1.50. The van der Waals surface area contributed by atoms with Gasteiger partial charge in [-0.1, -0.05) is 0 Å². The molecule has 0 fully saturated rings. The molecule has 2 rings (SSSR count). The quantitative estimate of drug-likeness (QED) is 0.733. The molecule has 2 aromatic rings. The molecular weight excluding hydrogens is 192 g/mol. The number of rotatable bonds is 2. The molecule has 0 bridgehead atoms. The van der Waals surface area contributed by atoms with E-state index in [-0.39, 0.29) is 0 Å². The first kappa shape index (κ1) is 9.51. The van der Waals surface area contributed by atoms with Gasteiger partial charge in [-0.3, -0.25) is 0 Å². The van der Waals surface area contributed by atoms with Gasteiger partial charge in [0.1, 0.15) is 12.2 Å². The molecule has 0 aliphatic carbocycles. The molecule has 0 aliphatic rings. The van der Waals surface area contributed by atoms with Crippen LogP contribution in [0.25, 0.3) is 11.4 Å². The van der Waals surface area contributed by atoms with Crippen LogP contribution in [0.2, 0.25) is 0 Å². The number of hydrogen-bond acceptors (Lipinski definition) is 5. The number of ether oxygens (including phenoxy) is 1. The number of aromatic nitrogens is 4. The standard InChI is InChI=1S/C10H10N4O/c1-7-11-4-3-8(14-7)9-5-10(15-2)13-6-12-9/h3-6H,1-2H3. The predicted molar refractivity (Wildman–Crippen MR) is 54.3 cm³/mol. The van der Waals surface area contributed by atoms with Crippen molar-refractivity contribution in [3.05, 3.63) is 30.5 Å². The van der Waals surface area contributed by atoms with Gasteiger partial charge in [0.25, 0.3) is 0 Å². The molecule has 0 saturated heterocycles. The summed E-state index contributed by atoms with van der Waals surface area (Å²) in [6.07, 6.45) is 3.15. The van der Waals surface area contributed by atoms with Gasteiger partial charge in [-0.05, 0) is 13.0 Å². The van der Waals surface area contributed by atoms with Crippen molar-refractivity contribution in [3.8, 4) is 17.3 Å². The fourth-order valence-electron chi connectivity index (χ4n) is 1.19. The van der Waals surface area contributed by atoms with Crippen molar-refractivity contribution in [2.75, 3.05) is 7.11 Å². The molecule has 0 radical (unpaired) electrons. The largest absolute Gasteiger partial charge is 0.481 e. The van der Waals surface area contributed by atoms with Crippen LogP contribution < -0.4 is 4.74 Å². The third-order valence-corrected chi connectivity index (χ3v) is 1.89. The van der Waals surface area contributed by atoms with Crippen LogP contribution in [-0.2, 0) is 0 Å². The predicted octanol–water partition coefficient (Wildman–Crippen LogP) is 1.25. The third-order valence-electron chi connectivity index (χ3n) is 1.89. The highest BCUT2D eigenvalue weighted by Gasteiger charge is 2.03. The van der Waals surface area contributed by atoms with E-state index < -0.39 is 0 Å². The average molecular weight is 202 g/mol. The SMILES string of the molecule is COc1cc(-c2ccnc(C)n2)ncn1. The van der Waals surface area contributed by atoms with E-state index in [9.17, 15) is 0 Å². The lowest BCUT2D eigenvalue weighted by atomic mass is 10.3. The summed E-state index contributed by atoms with van der Waals surface area (Å²) >= 11 is 0. The summed E-state index contributed by atoms with van der Waals surface area (Å²) in [5.74, 6) is 1.24. The minimum atomic E-state index is 0.524. The lowest BCUT2D eigenvalue weighted by molar-refractivity contribution is 0.397. The van der Waals surface area contributed by atoms with Crippen molar-refractivity contribution in [2.24, 2.45) is 0 Å². The molecule has 0 N–H and O–H groups in total. The number of hydrogen-bond donors (Lipinski definition) is 0. The van der Waals surface area contributed by atoms with Gasteiger partial charge in [0.05, 0.1) is 18.5 Å². The maximum Gasteiger partial charge on any atom is 0.216 e. The van der Waals surface area contributed by atoms with Crippen molar-refractivity contribution in [1.29, 1.82) is 0 Å². The maximum atomic E-state index is 5.01. The Hall–Kier alpha value is -2.04. The number of methoxy groups -OCH3 is 1. The average Bonchev–Trinajstić information content (AvgIpc) is 2.29. The summed E-state index contributed by atoms with van der Waals surface area (Å²) in [6, 6.07) is 3.54. The molecule has 5 heteroatoms. The molecule has 0 saturated carbocycles. The summed E-state index contributed by atoms with van der Waals surface area (Å²) in [4.78, 5) is 16.3.